The predicted octanol–water partition coefficient (Wildman–Crippen LogP) is 4.44. The highest BCUT2D eigenvalue weighted by Gasteiger charge is 2.12. The number of rotatable bonds is 6. The molecule has 0 spiro atoms. The summed E-state index contributed by atoms with van der Waals surface area (Å²) in [6, 6.07) is 20.9. The van der Waals surface area contributed by atoms with Gasteiger partial charge < -0.3 is 5.32 Å². The zero-order chi connectivity index (χ0) is 15.1. The van der Waals surface area contributed by atoms with Gasteiger partial charge in [0.2, 0.25) is 0 Å². The number of nitrogens with one attached hydrogen (secondary N) is 1. The smallest absolute Gasteiger partial charge is 0.0991 e. The van der Waals surface area contributed by atoms with Crippen LogP contribution >= 0.6 is 0 Å². The Bertz CT molecular complexity index is 579. The van der Waals surface area contributed by atoms with Crippen LogP contribution in [0.5, 0.6) is 0 Å². The molecule has 0 bridgehead atoms. The van der Waals surface area contributed by atoms with Gasteiger partial charge in [-0.25, -0.2) is 0 Å². The van der Waals surface area contributed by atoms with E-state index in [-0.39, 0.29) is 0 Å². The lowest BCUT2D eigenvalue weighted by Crippen LogP contribution is -2.22. The molecule has 21 heavy (non-hydrogen) atoms. The van der Waals surface area contributed by atoms with E-state index in [1.807, 2.05) is 24.3 Å². The minimum atomic E-state index is 0.363. The van der Waals surface area contributed by atoms with Gasteiger partial charge in [-0.05, 0) is 35.6 Å². The molecule has 2 heteroatoms. The molecular formula is C19H22N2. The maximum absolute atomic E-state index is 8.83. The van der Waals surface area contributed by atoms with E-state index in [1.165, 1.54) is 11.1 Å². The van der Waals surface area contributed by atoms with Crippen LogP contribution in [0.1, 0.15) is 43.0 Å². The Hall–Kier alpha value is -2.11. The van der Waals surface area contributed by atoms with Gasteiger partial charge in [-0.15, -0.1) is 0 Å². The molecule has 0 aliphatic heterocycles. The summed E-state index contributed by atoms with van der Waals surface area (Å²) in [5.41, 5.74) is 3.25. The van der Waals surface area contributed by atoms with E-state index < -0.39 is 0 Å². The molecule has 2 aromatic carbocycles. The van der Waals surface area contributed by atoms with E-state index in [2.05, 4.69) is 55.6 Å². The van der Waals surface area contributed by atoms with Crippen molar-refractivity contribution in [1.29, 1.82) is 5.26 Å². The molecule has 2 aromatic rings. The molecule has 0 saturated carbocycles. The fourth-order valence-corrected chi connectivity index (χ4v) is 2.43. The highest BCUT2D eigenvalue weighted by molar-refractivity contribution is 5.31. The second-order valence-corrected chi connectivity index (χ2v) is 5.78. The quantitative estimate of drug-likeness (QED) is 0.848. The number of hydrogen-bond donors (Lipinski definition) is 1. The lowest BCUT2D eigenvalue weighted by Gasteiger charge is -2.21. The standard InChI is InChI=1S/C19H22N2/c1-15(2)12-19(18-6-4-3-5-7-18)21-14-17-10-8-16(13-20)9-11-17/h3-11,15,19,21H,12,14H2,1-2H3. The molecule has 0 radical (unpaired) electrons. The molecule has 1 N–H and O–H groups in total. The summed E-state index contributed by atoms with van der Waals surface area (Å²) in [4.78, 5) is 0. The van der Waals surface area contributed by atoms with E-state index in [1.54, 1.807) is 0 Å². The van der Waals surface area contributed by atoms with Crippen molar-refractivity contribution in [3.63, 3.8) is 0 Å². The third kappa shape index (κ3) is 4.73. The van der Waals surface area contributed by atoms with Crippen LogP contribution in [0.15, 0.2) is 54.6 Å². The number of nitrogens with zero attached hydrogens (tertiary/aromatic N) is 1. The van der Waals surface area contributed by atoms with Crippen LogP contribution < -0.4 is 5.32 Å². The van der Waals surface area contributed by atoms with E-state index in [9.17, 15) is 0 Å². The minimum absolute atomic E-state index is 0.363. The van der Waals surface area contributed by atoms with Crippen LogP contribution in [0.4, 0.5) is 0 Å². The van der Waals surface area contributed by atoms with Gasteiger partial charge in [-0.2, -0.15) is 5.26 Å². The van der Waals surface area contributed by atoms with Crippen LogP contribution in [-0.4, -0.2) is 0 Å². The summed E-state index contributed by atoms with van der Waals surface area (Å²) in [6.45, 7) is 5.32. The average Bonchev–Trinajstić information content (AvgIpc) is 2.52. The van der Waals surface area contributed by atoms with Crippen molar-refractivity contribution in [1.82, 2.24) is 5.32 Å². The Kier molecular flexibility index (Phi) is 5.54. The number of benzene rings is 2. The molecule has 0 saturated heterocycles. The van der Waals surface area contributed by atoms with Gasteiger partial charge in [0.05, 0.1) is 11.6 Å². The molecule has 0 amide bonds. The monoisotopic (exact) mass is 278 g/mol. The molecule has 0 aliphatic rings. The van der Waals surface area contributed by atoms with Gasteiger partial charge in [0, 0.05) is 12.6 Å². The van der Waals surface area contributed by atoms with E-state index in [0.29, 0.717) is 17.5 Å². The van der Waals surface area contributed by atoms with Gasteiger partial charge in [0.15, 0.2) is 0 Å². The Balaban J connectivity index is 2.03. The van der Waals surface area contributed by atoms with Crippen LogP contribution in [0.2, 0.25) is 0 Å². The second kappa shape index (κ2) is 7.61. The maximum atomic E-state index is 8.83. The average molecular weight is 278 g/mol. The molecule has 2 nitrogen and oxygen atoms in total. The molecule has 2 rings (SSSR count). The minimum Gasteiger partial charge on any atom is -0.306 e. The molecule has 0 aliphatic carbocycles. The fraction of sp³-hybridized carbons (Fsp3) is 0.316. The summed E-state index contributed by atoms with van der Waals surface area (Å²) in [7, 11) is 0. The first-order valence-corrected chi connectivity index (χ1v) is 7.46. The zero-order valence-electron chi connectivity index (χ0n) is 12.7. The predicted molar refractivity (Wildman–Crippen MR) is 86.6 cm³/mol. The Morgan fingerprint density at radius 3 is 2.24 bits per heavy atom. The molecule has 1 unspecified atom stereocenters. The highest BCUT2D eigenvalue weighted by atomic mass is 14.9. The lowest BCUT2D eigenvalue weighted by atomic mass is 9.97. The Morgan fingerprint density at radius 1 is 1.00 bits per heavy atom. The Morgan fingerprint density at radius 2 is 1.67 bits per heavy atom. The van der Waals surface area contributed by atoms with Gasteiger partial charge in [-0.3, -0.25) is 0 Å². The molecule has 108 valence electrons. The first-order chi connectivity index (χ1) is 10.2. The van der Waals surface area contributed by atoms with Crippen molar-refractivity contribution in [3.8, 4) is 6.07 Å². The molecule has 0 fully saturated rings. The lowest BCUT2D eigenvalue weighted by molar-refractivity contribution is 0.428. The summed E-state index contributed by atoms with van der Waals surface area (Å²) in [6.07, 6.45) is 1.11. The summed E-state index contributed by atoms with van der Waals surface area (Å²) in [5, 5.41) is 12.5. The van der Waals surface area contributed by atoms with Crippen molar-refractivity contribution in [2.45, 2.75) is 32.9 Å². The maximum Gasteiger partial charge on any atom is 0.0991 e. The largest absolute Gasteiger partial charge is 0.306 e. The molecule has 0 aromatic heterocycles. The van der Waals surface area contributed by atoms with Crippen molar-refractivity contribution in [2.75, 3.05) is 0 Å². The van der Waals surface area contributed by atoms with Crippen LogP contribution in [0.3, 0.4) is 0 Å². The zero-order valence-corrected chi connectivity index (χ0v) is 12.7. The van der Waals surface area contributed by atoms with E-state index in [0.717, 1.165) is 13.0 Å². The summed E-state index contributed by atoms with van der Waals surface area (Å²) >= 11 is 0. The fourth-order valence-electron chi connectivity index (χ4n) is 2.43. The van der Waals surface area contributed by atoms with Crippen LogP contribution in [-0.2, 0) is 6.54 Å². The van der Waals surface area contributed by atoms with E-state index >= 15 is 0 Å². The van der Waals surface area contributed by atoms with Crippen molar-refractivity contribution < 1.29 is 0 Å². The molecule has 1 atom stereocenters. The SMILES string of the molecule is CC(C)CC(NCc1ccc(C#N)cc1)c1ccccc1. The summed E-state index contributed by atoms with van der Waals surface area (Å²) in [5.74, 6) is 0.642. The Labute approximate surface area is 127 Å². The van der Waals surface area contributed by atoms with Gasteiger partial charge in [0.25, 0.3) is 0 Å². The van der Waals surface area contributed by atoms with Crippen LogP contribution in [0, 0.1) is 17.2 Å². The topological polar surface area (TPSA) is 35.8 Å². The molecule has 0 heterocycles. The van der Waals surface area contributed by atoms with E-state index in [4.69, 9.17) is 5.26 Å². The number of hydrogen-bond acceptors (Lipinski definition) is 2. The summed E-state index contributed by atoms with van der Waals surface area (Å²) < 4.78 is 0. The number of nitriles is 1. The highest BCUT2D eigenvalue weighted by Crippen LogP contribution is 2.21. The van der Waals surface area contributed by atoms with Crippen molar-refractivity contribution in [2.24, 2.45) is 5.92 Å². The third-order valence-electron chi connectivity index (χ3n) is 3.54. The van der Waals surface area contributed by atoms with Gasteiger partial charge in [-0.1, -0.05) is 56.3 Å². The normalized spacial score (nSPS) is 12.1. The van der Waals surface area contributed by atoms with Crippen molar-refractivity contribution >= 4 is 0 Å². The van der Waals surface area contributed by atoms with Gasteiger partial charge >= 0.3 is 0 Å². The molecular weight excluding hydrogens is 256 g/mol. The van der Waals surface area contributed by atoms with Crippen molar-refractivity contribution in [3.05, 3.63) is 71.3 Å². The first-order valence-electron chi connectivity index (χ1n) is 7.46. The third-order valence-corrected chi connectivity index (χ3v) is 3.54. The van der Waals surface area contributed by atoms with Crippen LogP contribution in [0.25, 0.3) is 0 Å². The second-order valence-electron chi connectivity index (χ2n) is 5.78. The first kappa shape index (κ1) is 15.3. The van der Waals surface area contributed by atoms with Gasteiger partial charge in [0.1, 0.15) is 0 Å².